The summed E-state index contributed by atoms with van der Waals surface area (Å²) >= 11 is -0.0888. The summed E-state index contributed by atoms with van der Waals surface area (Å²) in [6, 6.07) is 0. The number of hydrogen-bond acceptors (Lipinski definition) is 4. The topological polar surface area (TPSA) is 70.2 Å². The van der Waals surface area contributed by atoms with Gasteiger partial charge in [0, 0.05) is 0 Å². The molecule has 0 radical (unpaired) electrons. The molecule has 6 aliphatic rings. The summed E-state index contributed by atoms with van der Waals surface area (Å²) in [5.41, 5.74) is -0.151. The number of rotatable bonds is 3. The van der Waals surface area contributed by atoms with Gasteiger partial charge in [0.2, 0.25) is 0 Å². The maximum atomic E-state index is 12.8. The number of carbonyl (C=O) groups is 1. The van der Waals surface area contributed by atoms with Gasteiger partial charge in [0.1, 0.15) is 0 Å². The van der Waals surface area contributed by atoms with Gasteiger partial charge in [-0.1, -0.05) is 0 Å². The molecule has 0 spiro atoms. The molecule has 9 unspecified atom stereocenters. The number of esters is 1. The van der Waals surface area contributed by atoms with Gasteiger partial charge in [-0.2, -0.15) is 0 Å². The van der Waals surface area contributed by atoms with Crippen molar-refractivity contribution >= 4 is 5.97 Å². The Labute approximate surface area is 152 Å². The Kier molecular flexibility index (Phi) is 2.77. The standard InChI is InChI=1S/C16H22I2N2O2/c1-15(22-14(21)16(18-20-16)13-17-19-13)6-9-5-10(15)12-8-3-2-7(4-8)11(9)12/h7-13,19-20H,2-6H2,1H3/q-2. The molecule has 2 aliphatic heterocycles. The first-order valence-electron chi connectivity index (χ1n) is 8.64. The molecular formula is C16H22I2N2O2-2. The van der Waals surface area contributed by atoms with Crippen LogP contribution in [0.4, 0.5) is 0 Å². The van der Waals surface area contributed by atoms with Gasteiger partial charge >= 0.3 is 153 Å². The number of fused-ring (bicyclic) bond motifs is 9. The fraction of sp³-hybridized carbons (Fsp3) is 0.938. The Morgan fingerprint density at radius 1 is 1.18 bits per heavy atom. The van der Waals surface area contributed by atoms with Gasteiger partial charge in [0.05, 0.1) is 0 Å². The molecule has 2 heterocycles. The minimum absolute atomic E-state index is 0.0711. The molecular weight excluding hydrogens is 506 g/mol. The van der Waals surface area contributed by atoms with Crippen molar-refractivity contribution < 1.29 is 52.5 Å². The van der Waals surface area contributed by atoms with Gasteiger partial charge in [-0.15, -0.1) is 0 Å². The van der Waals surface area contributed by atoms with Crippen molar-refractivity contribution in [3.63, 3.8) is 0 Å². The zero-order valence-corrected chi connectivity index (χ0v) is 17.0. The van der Waals surface area contributed by atoms with E-state index in [1.165, 1.54) is 25.7 Å². The number of ether oxygens (including phenoxy) is 1. The van der Waals surface area contributed by atoms with Crippen LogP contribution in [0.5, 0.6) is 0 Å². The Hall–Kier alpha value is 0.850. The number of halogens is 2. The van der Waals surface area contributed by atoms with Crippen LogP contribution in [0.3, 0.4) is 0 Å². The van der Waals surface area contributed by atoms with E-state index in [9.17, 15) is 4.79 Å². The molecule has 124 valence electrons. The summed E-state index contributed by atoms with van der Waals surface area (Å²) in [7, 11) is 0. The molecule has 6 rings (SSSR count). The van der Waals surface area contributed by atoms with E-state index in [0.717, 1.165) is 36.0 Å². The van der Waals surface area contributed by atoms with Gasteiger partial charge in [0.15, 0.2) is 0 Å². The average Bonchev–Trinajstić information content (AvgIpc) is 3.33. The molecule has 0 aromatic carbocycles. The first-order chi connectivity index (χ1) is 10.6. The van der Waals surface area contributed by atoms with Crippen molar-refractivity contribution in [2.75, 3.05) is 0 Å². The van der Waals surface area contributed by atoms with E-state index in [0.29, 0.717) is 9.97 Å². The van der Waals surface area contributed by atoms with E-state index in [1.54, 1.807) is 0 Å². The van der Waals surface area contributed by atoms with Crippen LogP contribution in [0.2, 0.25) is 0 Å². The summed E-state index contributed by atoms with van der Waals surface area (Å²) in [5.74, 6) is 5.48. The number of hydrogen-bond donors (Lipinski definition) is 2. The molecule has 4 nitrogen and oxygen atoms in total. The molecule has 0 aromatic heterocycles. The minimum atomic E-state index is -0.217. The molecule has 2 saturated heterocycles. The number of nitrogens with one attached hydrogen (secondary N) is 2. The maximum absolute atomic E-state index is 12.8. The first-order valence-corrected chi connectivity index (χ1v) is 13.1. The van der Waals surface area contributed by atoms with Crippen LogP contribution in [0.1, 0.15) is 39.0 Å². The third-order valence-corrected chi connectivity index (χ3v) is 13.7. The molecule has 6 fully saturated rings. The molecule has 9 atom stereocenters. The van der Waals surface area contributed by atoms with Crippen molar-refractivity contribution in [3.8, 4) is 0 Å². The van der Waals surface area contributed by atoms with Gasteiger partial charge in [-0.25, -0.2) is 0 Å². The summed E-state index contributed by atoms with van der Waals surface area (Å²) < 4.78 is 13.4. The van der Waals surface area contributed by atoms with E-state index in [1.807, 2.05) is 0 Å². The zero-order valence-electron chi connectivity index (χ0n) is 12.6. The van der Waals surface area contributed by atoms with Crippen LogP contribution >= 0.6 is 0 Å². The van der Waals surface area contributed by atoms with Gasteiger partial charge < -0.3 is 0 Å². The second-order valence-corrected chi connectivity index (χ2v) is 13.7. The summed E-state index contributed by atoms with van der Waals surface area (Å²) in [4.78, 5) is 12.8. The third kappa shape index (κ3) is 1.68. The van der Waals surface area contributed by atoms with Crippen LogP contribution in [-0.2, 0) is 9.53 Å². The van der Waals surface area contributed by atoms with Crippen LogP contribution in [-0.4, -0.2) is 19.2 Å². The monoisotopic (exact) mass is 528 g/mol. The third-order valence-electron chi connectivity index (χ3n) is 7.55. The fourth-order valence-corrected chi connectivity index (χ4v) is 12.6. The Morgan fingerprint density at radius 3 is 2.59 bits per heavy atom. The van der Waals surface area contributed by atoms with Gasteiger partial charge in [0.25, 0.3) is 0 Å². The molecule has 6 heteroatoms. The van der Waals surface area contributed by atoms with E-state index in [4.69, 9.17) is 4.74 Å². The second-order valence-electron chi connectivity index (χ2n) is 8.48. The van der Waals surface area contributed by atoms with Crippen molar-refractivity contribution in [1.29, 1.82) is 0 Å². The van der Waals surface area contributed by atoms with Crippen LogP contribution in [0.25, 0.3) is 0 Å². The van der Waals surface area contributed by atoms with Crippen molar-refractivity contribution in [3.05, 3.63) is 0 Å². The molecule has 0 amide bonds. The Bertz CT molecular complexity index is 564. The summed E-state index contributed by atoms with van der Waals surface area (Å²) in [5, 5.41) is 0. The number of carbonyl (C=O) groups excluding carboxylic acids is 1. The van der Waals surface area contributed by atoms with E-state index in [2.05, 4.69) is 14.0 Å². The number of alkyl halides is 2. The predicted octanol–water partition coefficient (Wildman–Crippen LogP) is -4.77. The fourth-order valence-electron chi connectivity index (χ4n) is 6.78. The molecule has 22 heavy (non-hydrogen) atoms. The molecule has 0 aromatic rings. The van der Waals surface area contributed by atoms with Crippen LogP contribution in [0.15, 0.2) is 0 Å². The van der Waals surface area contributed by atoms with E-state index in [-0.39, 0.29) is 58.1 Å². The van der Waals surface area contributed by atoms with Crippen molar-refractivity contribution in [2.45, 2.75) is 52.2 Å². The van der Waals surface area contributed by atoms with Gasteiger partial charge in [-0.3, -0.25) is 0 Å². The quantitative estimate of drug-likeness (QED) is 0.0735. The average molecular weight is 528 g/mol. The van der Waals surface area contributed by atoms with E-state index >= 15 is 0 Å². The second kappa shape index (κ2) is 4.33. The summed E-state index contributed by atoms with van der Waals surface area (Å²) in [6.07, 6.45) is 6.91. The van der Waals surface area contributed by atoms with Crippen LogP contribution < -0.4 is 50.0 Å². The molecule has 4 aliphatic carbocycles. The SMILES string of the molecule is CC1(OC(=O)C2(C3N[I-]3)N[I-]2)CC2CC1C1C3CCC(C3)C21. The molecule has 4 bridgehead atoms. The summed E-state index contributed by atoms with van der Waals surface area (Å²) in [6.45, 7) is 2.27. The van der Waals surface area contributed by atoms with Crippen molar-refractivity contribution in [2.24, 2.45) is 35.5 Å². The van der Waals surface area contributed by atoms with E-state index < -0.39 is 0 Å². The predicted molar refractivity (Wildman–Crippen MR) is 71.3 cm³/mol. The molecule has 4 saturated carbocycles. The van der Waals surface area contributed by atoms with Crippen LogP contribution in [0, 0.1) is 35.5 Å². The molecule has 2 N–H and O–H groups in total. The Morgan fingerprint density at radius 2 is 1.91 bits per heavy atom. The van der Waals surface area contributed by atoms with Gasteiger partial charge in [-0.05, 0) is 0 Å². The van der Waals surface area contributed by atoms with Crippen molar-refractivity contribution in [1.82, 2.24) is 7.06 Å². The normalized spacial score (nSPS) is 63.8. The Balaban J connectivity index is 1.25. The zero-order chi connectivity index (χ0) is 14.7. The first kappa shape index (κ1) is 14.1.